The van der Waals surface area contributed by atoms with E-state index in [1.165, 1.54) is 4.63 Å². The number of rotatable bonds is 3. The monoisotopic (exact) mass is 249 g/mol. The summed E-state index contributed by atoms with van der Waals surface area (Å²) in [6, 6.07) is 1.64. The van der Waals surface area contributed by atoms with Crippen LogP contribution in [0.3, 0.4) is 0 Å². The van der Waals surface area contributed by atoms with Crippen molar-refractivity contribution < 1.29 is 19.8 Å². The first-order valence-corrected chi connectivity index (χ1v) is 5.21. The van der Waals surface area contributed by atoms with Gasteiger partial charge in [-0.05, 0) is 25.5 Å². The number of fused-ring (bicyclic) bond motifs is 1. The van der Waals surface area contributed by atoms with Crippen LogP contribution in [0.25, 0.3) is 5.52 Å². The van der Waals surface area contributed by atoms with Gasteiger partial charge in [-0.15, -0.1) is 0 Å². The highest BCUT2D eigenvalue weighted by atomic mass is 16.4. The van der Waals surface area contributed by atoms with Crippen LogP contribution in [-0.4, -0.2) is 37.0 Å². The maximum atomic E-state index is 11.2. The molecule has 0 spiro atoms. The van der Waals surface area contributed by atoms with E-state index in [2.05, 4.69) is 10.2 Å². The van der Waals surface area contributed by atoms with E-state index in [1.54, 1.807) is 19.9 Å². The molecule has 94 valence electrons. The smallest absolute Gasteiger partial charge is 0.339 e. The van der Waals surface area contributed by atoms with Gasteiger partial charge in [0.25, 0.3) is 0 Å². The van der Waals surface area contributed by atoms with Crippen molar-refractivity contribution in [2.75, 3.05) is 0 Å². The fourth-order valence-electron chi connectivity index (χ4n) is 1.70. The molecule has 0 atom stereocenters. The van der Waals surface area contributed by atoms with Gasteiger partial charge in [-0.1, -0.05) is 0 Å². The van der Waals surface area contributed by atoms with Gasteiger partial charge < -0.3 is 10.2 Å². The minimum atomic E-state index is -1.20. The van der Waals surface area contributed by atoms with E-state index in [1.807, 2.05) is 0 Å². The summed E-state index contributed by atoms with van der Waals surface area (Å²) in [6.45, 7) is 3.57. The lowest BCUT2D eigenvalue weighted by atomic mass is 10.1. The molecule has 7 heteroatoms. The third-order valence-corrected chi connectivity index (χ3v) is 2.68. The first kappa shape index (κ1) is 12.0. The van der Waals surface area contributed by atoms with Crippen LogP contribution in [0.5, 0.6) is 0 Å². The number of aryl methyl sites for hydroxylation is 2. The number of hydrogen-bond donors (Lipinski definition) is 2. The quantitative estimate of drug-likeness (QED) is 0.828. The predicted octanol–water partition coefficient (Wildman–Crippen LogP) is 0.671. The van der Waals surface area contributed by atoms with Crippen LogP contribution >= 0.6 is 0 Å². The molecule has 2 aromatic heterocycles. The first-order valence-electron chi connectivity index (χ1n) is 5.21. The number of carboxylic acids is 2. The summed E-state index contributed by atoms with van der Waals surface area (Å²) in [5, 5.41) is 25.9. The molecule has 0 aliphatic carbocycles. The topological polar surface area (TPSA) is 105 Å². The van der Waals surface area contributed by atoms with E-state index in [0.29, 0.717) is 11.2 Å². The fraction of sp³-hybridized carbons (Fsp3) is 0.273. The Kier molecular flexibility index (Phi) is 2.74. The Balaban J connectivity index is 2.75. The van der Waals surface area contributed by atoms with Gasteiger partial charge >= 0.3 is 11.9 Å². The van der Waals surface area contributed by atoms with Gasteiger partial charge in [-0.25, -0.2) is 4.79 Å². The minimum Gasteiger partial charge on any atom is -0.481 e. The number of carboxylic acid groups (broad SMARTS) is 2. The number of aromatic carboxylic acids is 1. The largest absolute Gasteiger partial charge is 0.481 e. The zero-order chi connectivity index (χ0) is 13.4. The normalized spacial score (nSPS) is 10.8. The first-order chi connectivity index (χ1) is 8.40. The van der Waals surface area contributed by atoms with Crippen molar-refractivity contribution in [1.29, 1.82) is 0 Å². The third kappa shape index (κ3) is 1.90. The van der Waals surface area contributed by atoms with Crippen molar-refractivity contribution in [3.8, 4) is 0 Å². The fourth-order valence-corrected chi connectivity index (χ4v) is 1.70. The van der Waals surface area contributed by atoms with Crippen LogP contribution in [0.2, 0.25) is 0 Å². The van der Waals surface area contributed by atoms with Gasteiger partial charge in [0, 0.05) is 0 Å². The molecule has 2 rings (SSSR count). The number of nitrogens with zero attached hydrogens (tertiary/aromatic N) is 3. The Morgan fingerprint density at radius 3 is 2.50 bits per heavy atom. The molecule has 0 aliphatic heterocycles. The molecule has 0 aromatic carbocycles. The Morgan fingerprint density at radius 2 is 1.94 bits per heavy atom. The summed E-state index contributed by atoms with van der Waals surface area (Å²) in [6.07, 6.45) is -0.441. The van der Waals surface area contributed by atoms with Crippen molar-refractivity contribution in [1.82, 2.24) is 14.8 Å². The molecular weight excluding hydrogens is 238 g/mol. The highest BCUT2D eigenvalue weighted by Crippen LogP contribution is 2.18. The number of aliphatic carboxylic acids is 1. The van der Waals surface area contributed by atoms with Crippen LogP contribution in [0.1, 0.15) is 27.3 Å². The van der Waals surface area contributed by atoms with Gasteiger partial charge in [0.15, 0.2) is 0 Å². The maximum Gasteiger partial charge on any atom is 0.339 e. The van der Waals surface area contributed by atoms with Crippen LogP contribution in [0, 0.1) is 13.8 Å². The zero-order valence-electron chi connectivity index (χ0n) is 9.84. The summed E-state index contributed by atoms with van der Waals surface area (Å²) in [5.41, 5.74) is 1.75. The summed E-state index contributed by atoms with van der Waals surface area (Å²) >= 11 is 0. The average Bonchev–Trinajstić information content (AvgIpc) is 2.55. The Bertz CT molecular complexity index is 660. The third-order valence-electron chi connectivity index (χ3n) is 2.68. The number of aromatic nitrogens is 3. The number of carbonyl (C=O) groups is 2. The Hall–Kier alpha value is -2.44. The Morgan fingerprint density at radius 1 is 1.28 bits per heavy atom. The molecule has 18 heavy (non-hydrogen) atoms. The van der Waals surface area contributed by atoms with E-state index in [-0.39, 0.29) is 11.3 Å². The molecule has 0 saturated carbocycles. The van der Waals surface area contributed by atoms with Gasteiger partial charge in [0.1, 0.15) is 11.1 Å². The highest BCUT2D eigenvalue weighted by Gasteiger charge is 2.22. The van der Waals surface area contributed by atoms with Crippen LogP contribution < -0.4 is 0 Å². The van der Waals surface area contributed by atoms with Gasteiger partial charge in [0.2, 0.25) is 0 Å². The second-order valence-electron chi connectivity index (χ2n) is 3.98. The van der Waals surface area contributed by atoms with Crippen LogP contribution in [-0.2, 0) is 11.2 Å². The molecule has 0 fully saturated rings. The standard InChI is InChI=1S/C11H11N3O4/c1-5-3-8-10(11(17)18)7(4-9(15)16)13-14(8)12-6(5)2/h3H,4H2,1-2H3,(H,15,16)(H,17,18). The lowest BCUT2D eigenvalue weighted by molar-refractivity contribution is -0.136. The summed E-state index contributed by atoms with van der Waals surface area (Å²) in [7, 11) is 0. The molecule has 2 aromatic rings. The van der Waals surface area contributed by atoms with Crippen LogP contribution in [0.15, 0.2) is 6.07 Å². The van der Waals surface area contributed by atoms with E-state index in [9.17, 15) is 9.59 Å². The molecule has 0 radical (unpaired) electrons. The summed E-state index contributed by atoms with van der Waals surface area (Å²) in [5.74, 6) is -2.33. The molecule has 2 heterocycles. The Labute approximate surface area is 102 Å². The molecule has 0 unspecified atom stereocenters. The maximum absolute atomic E-state index is 11.2. The molecule has 0 amide bonds. The number of hydrogen-bond acceptors (Lipinski definition) is 4. The van der Waals surface area contributed by atoms with Crippen molar-refractivity contribution in [3.05, 3.63) is 28.6 Å². The summed E-state index contributed by atoms with van der Waals surface area (Å²) in [4.78, 5) is 21.9. The molecule has 7 nitrogen and oxygen atoms in total. The highest BCUT2D eigenvalue weighted by molar-refractivity contribution is 5.98. The molecule has 2 N–H and O–H groups in total. The molecular formula is C11H11N3O4. The van der Waals surface area contributed by atoms with Gasteiger partial charge in [-0.2, -0.15) is 14.8 Å². The van der Waals surface area contributed by atoms with Crippen LogP contribution in [0.4, 0.5) is 0 Å². The minimum absolute atomic E-state index is 0.00694. The van der Waals surface area contributed by atoms with Crippen molar-refractivity contribution in [3.63, 3.8) is 0 Å². The molecule has 0 bridgehead atoms. The van der Waals surface area contributed by atoms with Crippen molar-refractivity contribution in [2.45, 2.75) is 20.3 Å². The van der Waals surface area contributed by atoms with Gasteiger partial charge in [0.05, 0.1) is 17.8 Å². The zero-order valence-corrected chi connectivity index (χ0v) is 9.84. The predicted molar refractivity (Wildman–Crippen MR) is 60.8 cm³/mol. The van der Waals surface area contributed by atoms with E-state index in [4.69, 9.17) is 10.2 Å². The second-order valence-corrected chi connectivity index (χ2v) is 3.98. The summed E-state index contributed by atoms with van der Waals surface area (Å²) < 4.78 is 1.17. The average molecular weight is 249 g/mol. The molecule has 0 saturated heterocycles. The van der Waals surface area contributed by atoms with Crippen molar-refractivity contribution in [2.24, 2.45) is 0 Å². The van der Waals surface area contributed by atoms with E-state index >= 15 is 0 Å². The van der Waals surface area contributed by atoms with Crippen molar-refractivity contribution >= 4 is 17.5 Å². The second kappa shape index (κ2) is 4.10. The van der Waals surface area contributed by atoms with E-state index < -0.39 is 18.4 Å². The van der Waals surface area contributed by atoms with E-state index in [0.717, 1.165) is 5.56 Å². The lowest BCUT2D eigenvalue weighted by Crippen LogP contribution is -2.06. The van der Waals surface area contributed by atoms with Gasteiger partial charge in [-0.3, -0.25) is 4.79 Å². The SMILES string of the molecule is Cc1cc2c(C(=O)O)c(CC(=O)O)nn2nc1C. The lowest BCUT2D eigenvalue weighted by Gasteiger charge is -1.99. The molecule has 0 aliphatic rings.